The van der Waals surface area contributed by atoms with Crippen LogP contribution in [0.3, 0.4) is 0 Å². The quantitative estimate of drug-likeness (QED) is 0.806. The molecule has 0 spiro atoms. The zero-order chi connectivity index (χ0) is 11.6. The SMILES string of the molecule is O=S(=O)(O)CC[C@@H]1COc2ccccc2O1. The van der Waals surface area contributed by atoms with Gasteiger partial charge in [0.2, 0.25) is 0 Å². The molecule has 0 saturated carbocycles. The Hall–Kier alpha value is -1.27. The Morgan fingerprint density at radius 3 is 2.69 bits per heavy atom. The molecule has 6 heteroatoms. The Bertz CT molecular complexity index is 468. The Morgan fingerprint density at radius 2 is 2.00 bits per heavy atom. The Morgan fingerprint density at radius 1 is 1.31 bits per heavy atom. The lowest BCUT2D eigenvalue weighted by molar-refractivity contribution is 0.0886. The van der Waals surface area contributed by atoms with E-state index in [1.54, 1.807) is 12.1 Å². The van der Waals surface area contributed by atoms with Crippen molar-refractivity contribution in [3.63, 3.8) is 0 Å². The topological polar surface area (TPSA) is 72.8 Å². The molecule has 1 heterocycles. The van der Waals surface area contributed by atoms with Crippen molar-refractivity contribution in [1.82, 2.24) is 0 Å². The lowest BCUT2D eigenvalue weighted by atomic mass is 10.2. The molecule has 88 valence electrons. The van der Waals surface area contributed by atoms with Crippen LogP contribution in [0.4, 0.5) is 0 Å². The fourth-order valence-electron chi connectivity index (χ4n) is 1.49. The summed E-state index contributed by atoms with van der Waals surface area (Å²) in [6.45, 7) is 0.298. The highest BCUT2D eigenvalue weighted by atomic mass is 32.2. The van der Waals surface area contributed by atoms with Crippen LogP contribution >= 0.6 is 0 Å². The second-order valence-corrected chi connectivity index (χ2v) is 5.14. The first-order valence-electron chi connectivity index (χ1n) is 4.88. The summed E-state index contributed by atoms with van der Waals surface area (Å²) in [5, 5.41) is 0. The summed E-state index contributed by atoms with van der Waals surface area (Å²) in [4.78, 5) is 0. The van der Waals surface area contributed by atoms with Crippen LogP contribution in [-0.4, -0.2) is 31.4 Å². The molecule has 2 rings (SSSR count). The van der Waals surface area contributed by atoms with Crippen molar-refractivity contribution in [3.8, 4) is 11.5 Å². The van der Waals surface area contributed by atoms with Gasteiger partial charge in [-0.1, -0.05) is 12.1 Å². The van der Waals surface area contributed by atoms with Gasteiger partial charge in [-0.2, -0.15) is 8.42 Å². The van der Waals surface area contributed by atoms with Crippen LogP contribution in [0.1, 0.15) is 6.42 Å². The Balaban J connectivity index is 1.98. The van der Waals surface area contributed by atoms with Crippen LogP contribution in [0.25, 0.3) is 0 Å². The minimum Gasteiger partial charge on any atom is -0.486 e. The molecule has 0 saturated heterocycles. The van der Waals surface area contributed by atoms with Gasteiger partial charge in [-0.15, -0.1) is 0 Å². The highest BCUT2D eigenvalue weighted by Crippen LogP contribution is 2.31. The average molecular weight is 244 g/mol. The second kappa shape index (κ2) is 4.31. The van der Waals surface area contributed by atoms with Gasteiger partial charge in [0.05, 0.1) is 5.75 Å². The third-order valence-corrected chi connectivity index (χ3v) is 3.02. The Labute approximate surface area is 93.7 Å². The van der Waals surface area contributed by atoms with Crippen molar-refractivity contribution < 1.29 is 22.4 Å². The number of benzene rings is 1. The first-order valence-corrected chi connectivity index (χ1v) is 6.49. The Kier molecular flexibility index (Phi) is 3.02. The smallest absolute Gasteiger partial charge is 0.264 e. The summed E-state index contributed by atoms with van der Waals surface area (Å²) >= 11 is 0. The largest absolute Gasteiger partial charge is 0.486 e. The summed E-state index contributed by atoms with van der Waals surface area (Å²) in [6, 6.07) is 7.19. The zero-order valence-electron chi connectivity index (χ0n) is 8.50. The van der Waals surface area contributed by atoms with Gasteiger partial charge in [-0.3, -0.25) is 4.55 Å². The van der Waals surface area contributed by atoms with Crippen molar-refractivity contribution in [2.24, 2.45) is 0 Å². The van der Waals surface area contributed by atoms with E-state index in [0.29, 0.717) is 18.1 Å². The van der Waals surface area contributed by atoms with Crippen LogP contribution in [0.15, 0.2) is 24.3 Å². The summed E-state index contributed by atoms with van der Waals surface area (Å²) in [5.74, 6) is 0.947. The van der Waals surface area contributed by atoms with E-state index >= 15 is 0 Å². The number of para-hydroxylation sites is 2. The maximum absolute atomic E-state index is 10.6. The highest BCUT2D eigenvalue weighted by molar-refractivity contribution is 7.85. The van der Waals surface area contributed by atoms with E-state index < -0.39 is 10.1 Å². The van der Waals surface area contributed by atoms with Gasteiger partial charge < -0.3 is 9.47 Å². The first-order chi connectivity index (χ1) is 7.54. The van der Waals surface area contributed by atoms with Gasteiger partial charge in [-0.05, 0) is 12.1 Å². The van der Waals surface area contributed by atoms with Gasteiger partial charge in [0, 0.05) is 6.42 Å². The predicted octanol–water partition coefficient (Wildman–Crippen LogP) is 1.10. The lowest BCUT2D eigenvalue weighted by Gasteiger charge is -2.25. The predicted molar refractivity (Wildman–Crippen MR) is 57.4 cm³/mol. The molecular formula is C10H12O5S. The van der Waals surface area contributed by atoms with Crippen molar-refractivity contribution >= 4 is 10.1 Å². The minimum absolute atomic E-state index is 0.215. The fourth-order valence-corrected chi connectivity index (χ4v) is 2.05. The van der Waals surface area contributed by atoms with Gasteiger partial charge in [-0.25, -0.2) is 0 Å². The molecule has 0 amide bonds. The molecule has 1 N–H and O–H groups in total. The van der Waals surface area contributed by atoms with E-state index in [4.69, 9.17) is 14.0 Å². The third kappa shape index (κ3) is 2.86. The maximum atomic E-state index is 10.6. The van der Waals surface area contributed by atoms with Gasteiger partial charge in [0.1, 0.15) is 12.7 Å². The molecule has 1 aromatic rings. The molecule has 0 bridgehead atoms. The molecule has 5 nitrogen and oxygen atoms in total. The van der Waals surface area contributed by atoms with Crippen LogP contribution in [0.5, 0.6) is 11.5 Å². The molecular weight excluding hydrogens is 232 g/mol. The van der Waals surface area contributed by atoms with E-state index in [1.807, 2.05) is 12.1 Å². The zero-order valence-corrected chi connectivity index (χ0v) is 9.31. The molecule has 0 unspecified atom stereocenters. The minimum atomic E-state index is -3.94. The molecule has 1 aromatic carbocycles. The van der Waals surface area contributed by atoms with Crippen molar-refractivity contribution in [2.75, 3.05) is 12.4 Å². The van der Waals surface area contributed by atoms with Crippen LogP contribution in [0, 0.1) is 0 Å². The van der Waals surface area contributed by atoms with E-state index in [9.17, 15) is 8.42 Å². The standard InChI is InChI=1S/C10H12O5S/c11-16(12,13)6-5-8-7-14-9-3-1-2-4-10(9)15-8/h1-4,8H,5-7H2,(H,11,12,13)/t8-/m1/s1. The van der Waals surface area contributed by atoms with Gasteiger partial charge >= 0.3 is 0 Å². The van der Waals surface area contributed by atoms with Crippen LogP contribution < -0.4 is 9.47 Å². The van der Waals surface area contributed by atoms with E-state index in [2.05, 4.69) is 0 Å². The lowest BCUT2D eigenvalue weighted by Crippen LogP contribution is -2.31. The summed E-state index contributed by atoms with van der Waals surface area (Å²) in [6.07, 6.45) is -0.121. The number of hydrogen-bond donors (Lipinski definition) is 1. The summed E-state index contributed by atoms with van der Waals surface area (Å²) in [5.41, 5.74) is 0. The molecule has 0 aromatic heterocycles. The number of rotatable bonds is 3. The average Bonchev–Trinajstić information content (AvgIpc) is 2.25. The number of ether oxygens (including phenoxy) is 2. The van der Waals surface area contributed by atoms with E-state index in [0.717, 1.165) is 0 Å². The molecule has 16 heavy (non-hydrogen) atoms. The normalized spacial score (nSPS) is 19.4. The molecule has 1 aliphatic rings. The summed E-state index contributed by atoms with van der Waals surface area (Å²) in [7, 11) is -3.94. The molecule has 0 fully saturated rings. The van der Waals surface area contributed by atoms with Crippen LogP contribution in [-0.2, 0) is 10.1 Å². The molecule has 0 radical (unpaired) electrons. The van der Waals surface area contributed by atoms with Crippen molar-refractivity contribution in [2.45, 2.75) is 12.5 Å². The molecule has 1 aliphatic heterocycles. The number of hydrogen-bond acceptors (Lipinski definition) is 4. The van der Waals surface area contributed by atoms with Gasteiger partial charge in [0.25, 0.3) is 10.1 Å². The maximum Gasteiger partial charge on any atom is 0.264 e. The fraction of sp³-hybridized carbons (Fsp3) is 0.400. The highest BCUT2D eigenvalue weighted by Gasteiger charge is 2.22. The molecule has 0 aliphatic carbocycles. The van der Waals surface area contributed by atoms with Crippen molar-refractivity contribution in [1.29, 1.82) is 0 Å². The number of fused-ring (bicyclic) bond motifs is 1. The summed E-state index contributed by atoms with van der Waals surface area (Å²) < 4.78 is 40.7. The van der Waals surface area contributed by atoms with Crippen molar-refractivity contribution in [3.05, 3.63) is 24.3 Å². The van der Waals surface area contributed by atoms with E-state index in [-0.39, 0.29) is 18.3 Å². The van der Waals surface area contributed by atoms with E-state index in [1.165, 1.54) is 0 Å². The monoisotopic (exact) mass is 244 g/mol. The second-order valence-electron chi connectivity index (χ2n) is 3.57. The molecule has 1 atom stereocenters. The van der Waals surface area contributed by atoms with Gasteiger partial charge in [0.15, 0.2) is 11.5 Å². The van der Waals surface area contributed by atoms with Crippen LogP contribution in [0.2, 0.25) is 0 Å². The first kappa shape index (κ1) is 11.2. The third-order valence-electron chi connectivity index (χ3n) is 2.27.